The molecular weight excluding hydrogens is 475 g/mol. The zero-order valence-corrected chi connectivity index (χ0v) is 19.8. The highest BCUT2D eigenvalue weighted by Crippen LogP contribution is 2.48. The number of carbonyl (C=O) groups is 2. The molecule has 1 unspecified atom stereocenters. The summed E-state index contributed by atoms with van der Waals surface area (Å²) in [6.07, 6.45) is -2.51. The second-order valence-corrected chi connectivity index (χ2v) is 9.05. The molecule has 7 nitrogen and oxygen atoms in total. The summed E-state index contributed by atoms with van der Waals surface area (Å²) in [6, 6.07) is 10.3. The van der Waals surface area contributed by atoms with Gasteiger partial charge in [0.15, 0.2) is 0 Å². The van der Waals surface area contributed by atoms with Gasteiger partial charge in [-0.2, -0.15) is 13.2 Å². The Morgan fingerprint density at radius 2 is 1.89 bits per heavy atom. The first-order chi connectivity index (χ1) is 17.1. The van der Waals surface area contributed by atoms with Crippen LogP contribution >= 0.6 is 0 Å². The Hall–Kier alpha value is -3.21. The maximum atomic E-state index is 13.3. The Morgan fingerprint density at radius 1 is 1.19 bits per heavy atom. The lowest BCUT2D eigenvalue weighted by atomic mass is 9.73. The van der Waals surface area contributed by atoms with Crippen LogP contribution in [-0.2, 0) is 21.2 Å². The maximum absolute atomic E-state index is 13.3. The van der Waals surface area contributed by atoms with Gasteiger partial charge in [-0.1, -0.05) is 24.3 Å². The highest BCUT2D eigenvalue weighted by Gasteiger charge is 2.51. The molecule has 1 saturated heterocycles. The average molecular weight is 504 g/mol. The Labute approximate surface area is 206 Å². The van der Waals surface area contributed by atoms with E-state index in [0.29, 0.717) is 18.4 Å². The van der Waals surface area contributed by atoms with Gasteiger partial charge in [-0.15, -0.1) is 0 Å². The number of aliphatic hydroxyl groups is 2. The normalized spacial score (nSPS) is 18.2. The highest BCUT2D eigenvalue weighted by molar-refractivity contribution is 6.08. The molecular formula is C26H28F3N3O4. The minimum absolute atomic E-state index is 0.0887. The van der Waals surface area contributed by atoms with Crippen LogP contribution in [0.25, 0.3) is 6.08 Å². The fourth-order valence-corrected chi connectivity index (χ4v) is 5.02. The number of fused-ring (bicyclic) bond motifs is 2. The number of halogens is 3. The van der Waals surface area contributed by atoms with Crippen molar-refractivity contribution in [2.24, 2.45) is 0 Å². The number of alkyl halides is 3. The van der Waals surface area contributed by atoms with Crippen LogP contribution < -0.4 is 10.2 Å². The molecule has 2 amide bonds. The third-order valence-electron chi connectivity index (χ3n) is 6.98. The van der Waals surface area contributed by atoms with Crippen LogP contribution in [0.1, 0.15) is 41.3 Å². The van der Waals surface area contributed by atoms with Crippen LogP contribution in [0, 0.1) is 0 Å². The second kappa shape index (κ2) is 10.0. The summed E-state index contributed by atoms with van der Waals surface area (Å²) in [5.74, 6) is -0.507. The third-order valence-corrected chi connectivity index (χ3v) is 6.98. The summed E-state index contributed by atoms with van der Waals surface area (Å²) in [7, 11) is 1.69. The molecule has 3 N–H and O–H groups in total. The number of hydrogen-bond donors (Lipinski definition) is 3. The standard InChI is InChI=1S/C26H28F3N3O4/c1-31-21-8-6-18(23(35)30-12-15-33)16-20(21)25(24(31)36)10-13-32(14-11-25)22(34)9-7-17-4-2-3-5-19(17)26(27,28)29/h2-9,16,23,30,33,35H,10-15H2,1H3/b9-7+. The molecule has 1 fully saturated rings. The first-order valence-corrected chi connectivity index (χ1v) is 11.7. The molecule has 192 valence electrons. The number of aliphatic hydroxyl groups excluding tert-OH is 2. The molecule has 10 heteroatoms. The van der Waals surface area contributed by atoms with E-state index in [4.69, 9.17) is 5.11 Å². The quantitative estimate of drug-likeness (QED) is 0.417. The van der Waals surface area contributed by atoms with Crippen molar-refractivity contribution in [2.45, 2.75) is 30.7 Å². The van der Waals surface area contributed by atoms with Crippen molar-refractivity contribution in [3.8, 4) is 0 Å². The van der Waals surface area contributed by atoms with Crippen LogP contribution in [0.5, 0.6) is 0 Å². The third kappa shape index (κ3) is 4.76. The highest BCUT2D eigenvalue weighted by atomic mass is 19.4. The molecule has 2 heterocycles. The molecule has 2 aliphatic heterocycles. The van der Waals surface area contributed by atoms with Gasteiger partial charge in [-0.05, 0) is 53.8 Å². The van der Waals surface area contributed by atoms with Gasteiger partial charge in [0.2, 0.25) is 11.8 Å². The van der Waals surface area contributed by atoms with E-state index in [1.54, 1.807) is 30.1 Å². The summed E-state index contributed by atoms with van der Waals surface area (Å²) in [5, 5.41) is 22.2. The van der Waals surface area contributed by atoms with Gasteiger partial charge >= 0.3 is 6.18 Å². The lowest BCUT2D eigenvalue weighted by Crippen LogP contribution is -2.49. The van der Waals surface area contributed by atoms with E-state index in [9.17, 15) is 27.9 Å². The maximum Gasteiger partial charge on any atom is 0.416 e. The number of anilines is 1. The molecule has 0 radical (unpaired) electrons. The number of carbonyl (C=O) groups excluding carboxylic acids is 2. The number of benzene rings is 2. The molecule has 0 saturated carbocycles. The van der Waals surface area contributed by atoms with E-state index in [-0.39, 0.29) is 37.7 Å². The first-order valence-electron chi connectivity index (χ1n) is 11.7. The molecule has 2 aliphatic rings. The number of piperidine rings is 1. The van der Waals surface area contributed by atoms with Crippen molar-refractivity contribution in [3.63, 3.8) is 0 Å². The molecule has 0 bridgehead atoms. The van der Waals surface area contributed by atoms with Gasteiger partial charge in [0, 0.05) is 38.4 Å². The summed E-state index contributed by atoms with van der Waals surface area (Å²) in [5.41, 5.74) is 0.332. The van der Waals surface area contributed by atoms with Gasteiger partial charge in [0.05, 0.1) is 17.6 Å². The summed E-state index contributed by atoms with van der Waals surface area (Å²) in [4.78, 5) is 29.2. The first kappa shape index (κ1) is 25.9. The fourth-order valence-electron chi connectivity index (χ4n) is 5.02. The molecule has 2 aromatic carbocycles. The van der Waals surface area contributed by atoms with Crippen molar-refractivity contribution >= 4 is 23.6 Å². The van der Waals surface area contributed by atoms with Gasteiger partial charge < -0.3 is 20.0 Å². The Morgan fingerprint density at radius 3 is 2.56 bits per heavy atom. The van der Waals surface area contributed by atoms with E-state index in [1.165, 1.54) is 29.2 Å². The van der Waals surface area contributed by atoms with Crippen LogP contribution in [0.3, 0.4) is 0 Å². The smallest absolute Gasteiger partial charge is 0.395 e. The van der Waals surface area contributed by atoms with Crippen molar-refractivity contribution in [2.75, 3.05) is 38.2 Å². The van der Waals surface area contributed by atoms with Gasteiger partial charge in [0.25, 0.3) is 0 Å². The molecule has 0 aliphatic carbocycles. The lowest BCUT2D eigenvalue weighted by molar-refractivity contribution is -0.137. The molecule has 4 rings (SSSR count). The number of amides is 2. The summed E-state index contributed by atoms with van der Waals surface area (Å²) in [6.45, 7) is 0.602. The SMILES string of the molecule is CN1C(=O)C2(CCN(C(=O)/C=C/c3ccccc3C(F)(F)F)CC2)c2cc(C(O)NCCO)ccc21. The molecule has 1 spiro atoms. The Bertz CT molecular complexity index is 1170. The number of likely N-dealkylation sites (N-methyl/N-ethyl adjacent to an activating group) is 1. The van der Waals surface area contributed by atoms with Crippen LogP contribution in [0.15, 0.2) is 48.5 Å². The molecule has 2 aromatic rings. The van der Waals surface area contributed by atoms with Crippen molar-refractivity contribution in [1.82, 2.24) is 10.2 Å². The molecule has 0 aromatic heterocycles. The van der Waals surface area contributed by atoms with E-state index in [0.717, 1.165) is 23.4 Å². The van der Waals surface area contributed by atoms with Crippen LogP contribution in [0.4, 0.5) is 18.9 Å². The second-order valence-electron chi connectivity index (χ2n) is 9.05. The lowest BCUT2D eigenvalue weighted by Gasteiger charge is -2.38. The van der Waals surface area contributed by atoms with E-state index in [1.807, 2.05) is 0 Å². The zero-order chi connectivity index (χ0) is 26.1. The van der Waals surface area contributed by atoms with Crippen LogP contribution in [0.2, 0.25) is 0 Å². The molecule has 36 heavy (non-hydrogen) atoms. The zero-order valence-electron chi connectivity index (χ0n) is 19.8. The number of rotatable bonds is 6. The number of nitrogens with zero attached hydrogens (tertiary/aromatic N) is 2. The number of nitrogens with one attached hydrogen (secondary N) is 1. The summed E-state index contributed by atoms with van der Waals surface area (Å²) >= 11 is 0. The van der Waals surface area contributed by atoms with E-state index in [2.05, 4.69) is 5.32 Å². The van der Waals surface area contributed by atoms with Crippen molar-refractivity contribution in [3.05, 3.63) is 70.8 Å². The minimum Gasteiger partial charge on any atom is -0.395 e. The monoisotopic (exact) mass is 503 g/mol. The van der Waals surface area contributed by atoms with Gasteiger partial charge in [0.1, 0.15) is 6.23 Å². The van der Waals surface area contributed by atoms with Gasteiger partial charge in [-0.3, -0.25) is 14.9 Å². The largest absolute Gasteiger partial charge is 0.416 e. The van der Waals surface area contributed by atoms with Gasteiger partial charge in [-0.25, -0.2) is 0 Å². The summed E-state index contributed by atoms with van der Waals surface area (Å²) < 4.78 is 39.7. The van der Waals surface area contributed by atoms with Crippen LogP contribution in [-0.4, -0.2) is 60.2 Å². The number of likely N-dealkylation sites (tertiary alicyclic amines) is 1. The number of hydrogen-bond acceptors (Lipinski definition) is 5. The molecule has 1 atom stereocenters. The van der Waals surface area contributed by atoms with Crippen molar-refractivity contribution in [1.29, 1.82) is 0 Å². The topological polar surface area (TPSA) is 93.1 Å². The predicted octanol–water partition coefficient (Wildman–Crippen LogP) is 2.83. The average Bonchev–Trinajstić information content (AvgIpc) is 3.07. The van der Waals surface area contributed by atoms with E-state index < -0.39 is 29.3 Å². The Balaban J connectivity index is 1.51. The predicted molar refractivity (Wildman–Crippen MR) is 128 cm³/mol. The van der Waals surface area contributed by atoms with Crippen molar-refractivity contribution < 1.29 is 33.0 Å². The fraction of sp³-hybridized carbons (Fsp3) is 0.385. The Kier molecular flexibility index (Phi) is 7.21. The minimum atomic E-state index is -4.52. The van der Waals surface area contributed by atoms with E-state index >= 15 is 0 Å².